The Morgan fingerprint density at radius 1 is 1.32 bits per heavy atom. The quantitative estimate of drug-likeness (QED) is 0.858. The van der Waals surface area contributed by atoms with Gasteiger partial charge in [0.15, 0.2) is 0 Å². The van der Waals surface area contributed by atoms with Crippen LogP contribution in [0.25, 0.3) is 0 Å². The van der Waals surface area contributed by atoms with E-state index in [1.807, 2.05) is 37.8 Å². The number of aromatic nitrogens is 1. The van der Waals surface area contributed by atoms with E-state index >= 15 is 0 Å². The lowest BCUT2D eigenvalue weighted by Crippen LogP contribution is -2.39. The van der Waals surface area contributed by atoms with Crippen LogP contribution in [0.2, 0.25) is 0 Å². The van der Waals surface area contributed by atoms with E-state index in [4.69, 9.17) is 0 Å². The predicted molar refractivity (Wildman–Crippen MR) is 79.4 cm³/mol. The van der Waals surface area contributed by atoms with Crippen LogP contribution in [0.15, 0.2) is 18.3 Å². The van der Waals surface area contributed by atoms with Gasteiger partial charge in [-0.15, -0.1) is 0 Å². The van der Waals surface area contributed by atoms with E-state index in [2.05, 4.69) is 24.1 Å². The van der Waals surface area contributed by atoms with Gasteiger partial charge in [0.2, 0.25) is 0 Å². The smallest absolute Gasteiger partial charge is 0.255 e. The van der Waals surface area contributed by atoms with Crippen LogP contribution in [0.4, 0.5) is 5.82 Å². The van der Waals surface area contributed by atoms with E-state index < -0.39 is 0 Å². The van der Waals surface area contributed by atoms with E-state index in [1.165, 1.54) is 0 Å². The Labute approximate surface area is 116 Å². The fourth-order valence-electron chi connectivity index (χ4n) is 1.89. The Morgan fingerprint density at radius 3 is 2.42 bits per heavy atom. The maximum absolute atomic E-state index is 12.5. The van der Waals surface area contributed by atoms with Gasteiger partial charge in [-0.25, -0.2) is 4.98 Å². The molecule has 1 aromatic heterocycles. The van der Waals surface area contributed by atoms with Crippen LogP contribution < -0.4 is 5.32 Å². The minimum Gasteiger partial charge on any atom is -0.370 e. The number of anilines is 1. The van der Waals surface area contributed by atoms with Crippen LogP contribution in [-0.4, -0.2) is 34.9 Å². The molecule has 1 aromatic rings. The minimum absolute atomic E-state index is 0.0549. The van der Waals surface area contributed by atoms with E-state index in [9.17, 15) is 4.79 Å². The van der Waals surface area contributed by atoms with E-state index in [1.54, 1.807) is 6.20 Å². The standard InChI is InChI=1S/C15H25N3O/c1-6-16-14-8-7-13(9-17-14)15(19)18(12(4)5)10-11(2)3/h7-9,11-12H,6,10H2,1-5H3,(H,16,17). The van der Waals surface area contributed by atoms with E-state index in [0.717, 1.165) is 18.9 Å². The number of pyridine rings is 1. The van der Waals surface area contributed by atoms with Gasteiger partial charge in [0.05, 0.1) is 5.56 Å². The maximum atomic E-state index is 12.5. The third kappa shape index (κ3) is 4.54. The molecule has 4 nitrogen and oxygen atoms in total. The Bertz CT molecular complexity index is 398. The molecule has 0 aliphatic rings. The van der Waals surface area contributed by atoms with Crippen LogP contribution in [-0.2, 0) is 0 Å². The number of rotatable bonds is 6. The summed E-state index contributed by atoms with van der Waals surface area (Å²) in [5.74, 6) is 1.32. The highest BCUT2D eigenvalue weighted by Gasteiger charge is 2.19. The van der Waals surface area contributed by atoms with Gasteiger partial charge in [-0.05, 0) is 38.8 Å². The predicted octanol–water partition coefficient (Wildman–Crippen LogP) is 3.02. The Kier molecular flexibility index (Phi) is 5.80. The number of hydrogen-bond donors (Lipinski definition) is 1. The number of hydrogen-bond acceptors (Lipinski definition) is 3. The van der Waals surface area contributed by atoms with Crippen molar-refractivity contribution in [2.75, 3.05) is 18.4 Å². The molecule has 0 aliphatic heterocycles. The van der Waals surface area contributed by atoms with Crippen LogP contribution in [0.5, 0.6) is 0 Å². The van der Waals surface area contributed by atoms with E-state index in [0.29, 0.717) is 11.5 Å². The van der Waals surface area contributed by atoms with Crippen molar-refractivity contribution in [2.24, 2.45) is 5.92 Å². The summed E-state index contributed by atoms with van der Waals surface area (Å²) in [4.78, 5) is 18.6. The lowest BCUT2D eigenvalue weighted by atomic mass is 10.1. The molecular weight excluding hydrogens is 238 g/mol. The van der Waals surface area contributed by atoms with Crippen molar-refractivity contribution in [1.82, 2.24) is 9.88 Å². The summed E-state index contributed by atoms with van der Waals surface area (Å²) in [7, 11) is 0. The van der Waals surface area contributed by atoms with Crippen LogP contribution in [0.1, 0.15) is 45.0 Å². The third-order valence-electron chi connectivity index (χ3n) is 2.81. The first-order valence-electron chi connectivity index (χ1n) is 6.96. The highest BCUT2D eigenvalue weighted by Crippen LogP contribution is 2.12. The lowest BCUT2D eigenvalue weighted by Gasteiger charge is -2.28. The number of nitrogens with zero attached hydrogens (tertiary/aromatic N) is 2. The molecule has 0 aliphatic carbocycles. The average molecular weight is 263 g/mol. The fourth-order valence-corrected chi connectivity index (χ4v) is 1.89. The summed E-state index contributed by atoms with van der Waals surface area (Å²) in [6, 6.07) is 3.89. The summed E-state index contributed by atoms with van der Waals surface area (Å²) >= 11 is 0. The van der Waals surface area contributed by atoms with Gasteiger partial charge in [-0.1, -0.05) is 13.8 Å². The third-order valence-corrected chi connectivity index (χ3v) is 2.81. The lowest BCUT2D eigenvalue weighted by molar-refractivity contribution is 0.0681. The highest BCUT2D eigenvalue weighted by atomic mass is 16.2. The SMILES string of the molecule is CCNc1ccc(C(=O)N(CC(C)C)C(C)C)cn1. The monoisotopic (exact) mass is 263 g/mol. The van der Waals surface area contributed by atoms with Crippen molar-refractivity contribution in [3.8, 4) is 0 Å². The van der Waals surface area contributed by atoms with Gasteiger partial charge in [0.25, 0.3) is 5.91 Å². The molecule has 0 saturated carbocycles. The van der Waals surface area contributed by atoms with Gasteiger partial charge in [-0.2, -0.15) is 0 Å². The van der Waals surface area contributed by atoms with Crippen molar-refractivity contribution in [2.45, 2.75) is 40.7 Å². The molecule has 0 radical (unpaired) electrons. The molecule has 0 spiro atoms. The zero-order valence-electron chi connectivity index (χ0n) is 12.6. The molecule has 1 rings (SSSR count). The molecule has 4 heteroatoms. The van der Waals surface area contributed by atoms with Crippen LogP contribution >= 0.6 is 0 Å². The summed E-state index contributed by atoms with van der Waals surface area (Å²) in [6.07, 6.45) is 1.65. The molecule has 0 unspecified atom stereocenters. The average Bonchev–Trinajstić information content (AvgIpc) is 2.36. The minimum atomic E-state index is 0.0549. The van der Waals surface area contributed by atoms with Gasteiger partial charge in [0, 0.05) is 25.3 Å². The van der Waals surface area contributed by atoms with Crippen molar-refractivity contribution >= 4 is 11.7 Å². The first kappa shape index (κ1) is 15.5. The number of amides is 1. The topological polar surface area (TPSA) is 45.2 Å². The van der Waals surface area contributed by atoms with E-state index in [-0.39, 0.29) is 11.9 Å². The molecular formula is C15H25N3O. The van der Waals surface area contributed by atoms with Crippen LogP contribution in [0.3, 0.4) is 0 Å². The van der Waals surface area contributed by atoms with Crippen molar-refractivity contribution in [3.63, 3.8) is 0 Å². The second kappa shape index (κ2) is 7.12. The Hall–Kier alpha value is -1.58. The number of carbonyl (C=O) groups is 1. The zero-order chi connectivity index (χ0) is 14.4. The molecule has 1 heterocycles. The summed E-state index contributed by atoms with van der Waals surface area (Å²) in [6.45, 7) is 11.9. The first-order chi connectivity index (χ1) is 8.95. The number of carbonyl (C=O) groups excluding carboxylic acids is 1. The van der Waals surface area contributed by atoms with Crippen molar-refractivity contribution in [3.05, 3.63) is 23.9 Å². The summed E-state index contributed by atoms with van der Waals surface area (Å²) < 4.78 is 0. The molecule has 0 aromatic carbocycles. The Balaban J connectivity index is 2.84. The molecule has 0 bridgehead atoms. The number of nitrogens with one attached hydrogen (secondary N) is 1. The molecule has 1 N–H and O–H groups in total. The summed E-state index contributed by atoms with van der Waals surface area (Å²) in [5, 5.41) is 3.12. The fraction of sp³-hybridized carbons (Fsp3) is 0.600. The second-order valence-electron chi connectivity index (χ2n) is 5.41. The zero-order valence-corrected chi connectivity index (χ0v) is 12.6. The van der Waals surface area contributed by atoms with Crippen molar-refractivity contribution < 1.29 is 4.79 Å². The molecule has 0 fully saturated rings. The van der Waals surface area contributed by atoms with Crippen LogP contribution in [0, 0.1) is 5.92 Å². The maximum Gasteiger partial charge on any atom is 0.255 e. The molecule has 1 amide bonds. The molecule has 106 valence electrons. The van der Waals surface area contributed by atoms with Crippen molar-refractivity contribution in [1.29, 1.82) is 0 Å². The first-order valence-corrected chi connectivity index (χ1v) is 6.96. The van der Waals surface area contributed by atoms with Gasteiger partial charge in [-0.3, -0.25) is 4.79 Å². The molecule has 19 heavy (non-hydrogen) atoms. The summed E-state index contributed by atoms with van der Waals surface area (Å²) in [5.41, 5.74) is 0.649. The van der Waals surface area contributed by atoms with Gasteiger partial charge in [0.1, 0.15) is 5.82 Å². The molecule has 0 saturated heterocycles. The normalized spacial score (nSPS) is 10.9. The largest absolute Gasteiger partial charge is 0.370 e. The van der Waals surface area contributed by atoms with Gasteiger partial charge >= 0.3 is 0 Å². The second-order valence-corrected chi connectivity index (χ2v) is 5.41. The van der Waals surface area contributed by atoms with Gasteiger partial charge < -0.3 is 10.2 Å². The highest BCUT2D eigenvalue weighted by molar-refractivity contribution is 5.94. The Morgan fingerprint density at radius 2 is 2.00 bits per heavy atom. The molecule has 0 atom stereocenters.